The van der Waals surface area contributed by atoms with E-state index < -0.39 is 23.4 Å². The summed E-state index contributed by atoms with van der Waals surface area (Å²) in [6.45, 7) is 1.38. The summed E-state index contributed by atoms with van der Waals surface area (Å²) >= 11 is 5.94. The average molecular weight is 450 g/mol. The molecule has 0 unspecified atom stereocenters. The molecule has 0 atom stereocenters. The number of benzene rings is 2. The summed E-state index contributed by atoms with van der Waals surface area (Å²) in [5.41, 5.74) is 0.553. The maximum Gasteiger partial charge on any atom is 0.341 e. The lowest BCUT2D eigenvalue weighted by molar-refractivity contribution is -0.384. The number of nitrogens with one attached hydrogen (secondary N) is 1. The summed E-state index contributed by atoms with van der Waals surface area (Å²) < 4.78 is 15.6. The predicted molar refractivity (Wildman–Crippen MR) is 113 cm³/mol. The zero-order chi connectivity index (χ0) is 22.4. The first kappa shape index (κ1) is 22.3. The van der Waals surface area contributed by atoms with Gasteiger partial charge in [0.15, 0.2) is 6.61 Å². The van der Waals surface area contributed by atoms with Crippen molar-refractivity contribution in [1.82, 2.24) is 0 Å². The van der Waals surface area contributed by atoms with Crippen LogP contribution in [-0.2, 0) is 14.3 Å². The number of ether oxygens (including phenoxy) is 3. The topological polar surface area (TPSA) is 120 Å². The first-order chi connectivity index (χ1) is 14.9. The Hall–Kier alpha value is -3.37. The minimum absolute atomic E-state index is 0.00392. The molecule has 1 saturated heterocycles. The van der Waals surface area contributed by atoms with Crippen LogP contribution in [0.1, 0.15) is 10.4 Å². The van der Waals surface area contributed by atoms with Crippen LogP contribution in [0, 0.1) is 10.1 Å². The van der Waals surface area contributed by atoms with Crippen LogP contribution in [-0.4, -0.2) is 56.8 Å². The number of carbonyl (C=O) groups excluding carboxylic acids is 2. The van der Waals surface area contributed by atoms with E-state index in [-0.39, 0.29) is 11.3 Å². The van der Waals surface area contributed by atoms with Crippen LogP contribution in [0.2, 0.25) is 5.02 Å². The van der Waals surface area contributed by atoms with Gasteiger partial charge in [0.25, 0.3) is 11.6 Å². The number of rotatable bonds is 7. The van der Waals surface area contributed by atoms with Crippen LogP contribution in [0.25, 0.3) is 0 Å². The number of halogens is 1. The normalized spacial score (nSPS) is 13.4. The first-order valence-corrected chi connectivity index (χ1v) is 9.68. The Kier molecular flexibility index (Phi) is 7.27. The smallest absolute Gasteiger partial charge is 0.341 e. The lowest BCUT2D eigenvalue weighted by atomic mass is 10.1. The van der Waals surface area contributed by atoms with E-state index in [2.05, 4.69) is 5.32 Å². The number of nitro groups is 1. The van der Waals surface area contributed by atoms with Crippen molar-refractivity contribution in [3.63, 3.8) is 0 Å². The number of amides is 1. The number of nitrogens with zero attached hydrogens (tertiary/aromatic N) is 2. The molecular formula is C20H20ClN3O7. The van der Waals surface area contributed by atoms with E-state index in [9.17, 15) is 19.7 Å². The van der Waals surface area contributed by atoms with Gasteiger partial charge in [0.05, 0.1) is 42.2 Å². The lowest BCUT2D eigenvalue weighted by Gasteiger charge is -2.30. The molecule has 0 radical (unpaired) electrons. The van der Waals surface area contributed by atoms with Crippen LogP contribution in [0.4, 0.5) is 17.1 Å². The van der Waals surface area contributed by atoms with Gasteiger partial charge in [0, 0.05) is 30.2 Å². The molecule has 11 heteroatoms. The zero-order valence-corrected chi connectivity index (χ0v) is 17.4. The number of nitro benzene ring substituents is 1. The Balaban J connectivity index is 1.73. The zero-order valence-electron chi connectivity index (χ0n) is 16.6. The Morgan fingerprint density at radius 2 is 1.97 bits per heavy atom. The fraction of sp³-hybridized carbons (Fsp3) is 0.300. The molecule has 2 aromatic rings. The van der Waals surface area contributed by atoms with Gasteiger partial charge < -0.3 is 24.4 Å². The van der Waals surface area contributed by atoms with Crippen LogP contribution in [0.3, 0.4) is 0 Å². The van der Waals surface area contributed by atoms with E-state index in [0.29, 0.717) is 48.5 Å². The number of esters is 1. The van der Waals surface area contributed by atoms with Gasteiger partial charge in [-0.05, 0) is 24.3 Å². The van der Waals surface area contributed by atoms with Gasteiger partial charge in [-0.25, -0.2) is 4.79 Å². The minimum Gasteiger partial charge on any atom is -0.495 e. The Labute approximate surface area is 182 Å². The highest BCUT2D eigenvalue weighted by Crippen LogP contribution is 2.28. The second-order valence-corrected chi connectivity index (χ2v) is 6.96. The van der Waals surface area contributed by atoms with Crippen LogP contribution < -0.4 is 15.0 Å². The summed E-state index contributed by atoms with van der Waals surface area (Å²) in [5.74, 6) is -1.08. The fourth-order valence-electron chi connectivity index (χ4n) is 3.05. The van der Waals surface area contributed by atoms with E-state index in [4.69, 9.17) is 25.8 Å². The van der Waals surface area contributed by atoms with Gasteiger partial charge in [-0.15, -0.1) is 0 Å². The second-order valence-electron chi connectivity index (χ2n) is 6.53. The van der Waals surface area contributed by atoms with Gasteiger partial charge in [-0.2, -0.15) is 0 Å². The van der Waals surface area contributed by atoms with Gasteiger partial charge in [0.2, 0.25) is 0 Å². The standard InChI is InChI=1S/C20H20ClN3O7/c1-29-18-5-2-13(21)10-16(18)22-19(25)12-31-20(26)15-11-14(24(27)28)3-4-17(15)23-6-8-30-9-7-23/h2-5,10-11H,6-9,12H2,1H3,(H,22,25). The predicted octanol–water partition coefficient (Wildman–Crippen LogP) is 2.89. The molecule has 1 aliphatic heterocycles. The highest BCUT2D eigenvalue weighted by Gasteiger charge is 2.23. The van der Waals surface area contributed by atoms with Crippen molar-refractivity contribution in [2.45, 2.75) is 0 Å². The molecule has 31 heavy (non-hydrogen) atoms. The number of anilines is 2. The number of hydrogen-bond acceptors (Lipinski definition) is 8. The molecule has 1 aliphatic rings. The lowest BCUT2D eigenvalue weighted by Crippen LogP contribution is -2.37. The Morgan fingerprint density at radius 1 is 1.23 bits per heavy atom. The van der Waals surface area contributed by atoms with Gasteiger partial charge in [0.1, 0.15) is 5.75 Å². The molecule has 3 rings (SSSR count). The monoisotopic (exact) mass is 449 g/mol. The van der Waals surface area contributed by atoms with Crippen molar-refractivity contribution in [1.29, 1.82) is 0 Å². The van der Waals surface area contributed by atoms with Crippen LogP contribution >= 0.6 is 11.6 Å². The largest absolute Gasteiger partial charge is 0.495 e. The summed E-state index contributed by atoms with van der Waals surface area (Å²) in [4.78, 5) is 37.4. The third kappa shape index (κ3) is 5.62. The molecule has 0 aromatic heterocycles. The maximum absolute atomic E-state index is 12.7. The van der Waals surface area contributed by atoms with E-state index in [1.54, 1.807) is 12.1 Å². The summed E-state index contributed by atoms with van der Waals surface area (Å²) in [6, 6.07) is 8.64. The molecule has 1 heterocycles. The van der Waals surface area contributed by atoms with Crippen molar-refractivity contribution in [2.24, 2.45) is 0 Å². The van der Waals surface area contributed by atoms with Crippen LogP contribution in [0.15, 0.2) is 36.4 Å². The molecule has 0 saturated carbocycles. The third-order valence-electron chi connectivity index (χ3n) is 4.53. The summed E-state index contributed by atoms with van der Waals surface area (Å²) in [7, 11) is 1.44. The molecule has 0 bridgehead atoms. The van der Waals surface area contributed by atoms with Crippen molar-refractivity contribution in [2.75, 3.05) is 50.2 Å². The van der Waals surface area contributed by atoms with Crippen molar-refractivity contribution in [3.8, 4) is 5.75 Å². The van der Waals surface area contributed by atoms with Crippen molar-refractivity contribution in [3.05, 3.63) is 57.1 Å². The van der Waals surface area contributed by atoms with Crippen molar-refractivity contribution < 1.29 is 28.7 Å². The number of carbonyl (C=O) groups is 2. The summed E-state index contributed by atoms with van der Waals surface area (Å²) in [6.07, 6.45) is 0. The van der Waals surface area contributed by atoms with Crippen LogP contribution in [0.5, 0.6) is 5.75 Å². The number of non-ortho nitro benzene ring substituents is 1. The maximum atomic E-state index is 12.7. The van der Waals surface area contributed by atoms with E-state index in [0.717, 1.165) is 6.07 Å². The fourth-order valence-corrected chi connectivity index (χ4v) is 3.23. The number of hydrogen-bond donors (Lipinski definition) is 1. The van der Waals surface area contributed by atoms with E-state index in [1.165, 1.54) is 25.3 Å². The van der Waals surface area contributed by atoms with Gasteiger partial charge >= 0.3 is 5.97 Å². The molecule has 164 valence electrons. The molecule has 1 amide bonds. The summed E-state index contributed by atoms with van der Waals surface area (Å²) in [5, 5.41) is 14.1. The first-order valence-electron chi connectivity index (χ1n) is 9.30. The molecule has 10 nitrogen and oxygen atoms in total. The quantitative estimate of drug-likeness (QED) is 0.389. The van der Waals surface area contributed by atoms with Crippen molar-refractivity contribution >= 4 is 40.5 Å². The second kappa shape index (κ2) is 10.1. The Morgan fingerprint density at radius 3 is 2.65 bits per heavy atom. The van der Waals surface area contributed by atoms with E-state index in [1.807, 2.05) is 4.90 Å². The molecular weight excluding hydrogens is 430 g/mol. The number of morpholine rings is 1. The minimum atomic E-state index is -0.849. The average Bonchev–Trinajstić information content (AvgIpc) is 2.77. The Bertz CT molecular complexity index is 993. The highest BCUT2D eigenvalue weighted by atomic mass is 35.5. The number of methoxy groups -OCH3 is 1. The SMILES string of the molecule is COc1ccc(Cl)cc1NC(=O)COC(=O)c1cc([N+](=O)[O-])ccc1N1CCOCC1. The highest BCUT2D eigenvalue weighted by molar-refractivity contribution is 6.31. The molecule has 2 aromatic carbocycles. The van der Waals surface area contributed by atoms with E-state index >= 15 is 0 Å². The van der Waals surface area contributed by atoms with Gasteiger partial charge in [-0.1, -0.05) is 11.6 Å². The van der Waals surface area contributed by atoms with Gasteiger partial charge in [-0.3, -0.25) is 14.9 Å². The molecule has 0 aliphatic carbocycles. The third-order valence-corrected chi connectivity index (χ3v) is 4.77. The molecule has 0 spiro atoms. The molecule has 1 fully saturated rings. The molecule has 1 N–H and O–H groups in total.